The summed E-state index contributed by atoms with van der Waals surface area (Å²) in [6.07, 6.45) is -0.737. The van der Waals surface area contributed by atoms with Gasteiger partial charge in [-0.25, -0.2) is 0 Å². The predicted octanol–water partition coefficient (Wildman–Crippen LogP) is 6.05. The van der Waals surface area contributed by atoms with Crippen LogP contribution in [0.3, 0.4) is 0 Å². The Morgan fingerprint density at radius 1 is 1.21 bits per heavy atom. The number of fused-ring (bicyclic) bond motifs is 2. The molecule has 1 unspecified atom stereocenters. The number of rotatable bonds is 6. The summed E-state index contributed by atoms with van der Waals surface area (Å²) in [6, 6.07) is 2.77. The summed E-state index contributed by atoms with van der Waals surface area (Å²) in [7, 11) is 0. The van der Waals surface area contributed by atoms with Crippen molar-refractivity contribution in [2.75, 3.05) is 18.8 Å². The summed E-state index contributed by atoms with van der Waals surface area (Å²) < 4.78 is 45.4. The lowest BCUT2D eigenvalue weighted by molar-refractivity contribution is -0.137. The number of nitrogens with two attached hydrogens (primary N) is 1. The molecule has 1 aromatic carbocycles. The summed E-state index contributed by atoms with van der Waals surface area (Å²) in [6.45, 7) is 5.72. The van der Waals surface area contributed by atoms with E-state index in [1.54, 1.807) is 0 Å². The quantitative estimate of drug-likeness (QED) is 0.322. The van der Waals surface area contributed by atoms with E-state index in [9.17, 15) is 18.0 Å². The Hall–Kier alpha value is -2.78. The molecule has 4 fully saturated rings. The van der Waals surface area contributed by atoms with Crippen molar-refractivity contribution in [2.24, 2.45) is 11.8 Å². The normalized spacial score (nSPS) is 24.3. The number of piperidine rings is 1. The molecule has 6 nitrogen and oxygen atoms in total. The Kier molecular flexibility index (Phi) is 5.56. The number of nitrogens with one attached hydrogen (secondary N) is 2. The molecule has 0 radical (unpaired) electrons. The molecule has 1 amide bonds. The third-order valence-electron chi connectivity index (χ3n) is 9.00. The van der Waals surface area contributed by atoms with Gasteiger partial charge >= 0.3 is 6.18 Å². The first-order valence-electron chi connectivity index (χ1n) is 13.7. The second-order valence-corrected chi connectivity index (χ2v) is 12.2. The summed E-state index contributed by atoms with van der Waals surface area (Å²) >= 11 is 6.17. The van der Waals surface area contributed by atoms with Crippen molar-refractivity contribution in [3.05, 3.63) is 45.2 Å². The number of anilines is 1. The number of benzene rings is 1. The molecule has 0 spiro atoms. The Balaban J connectivity index is 1.56. The number of aryl methyl sites for hydroxylation is 1. The van der Waals surface area contributed by atoms with Crippen LogP contribution in [0.15, 0.2) is 12.1 Å². The Morgan fingerprint density at radius 2 is 1.90 bits per heavy atom. The van der Waals surface area contributed by atoms with Crippen molar-refractivity contribution < 1.29 is 18.0 Å². The highest BCUT2D eigenvalue weighted by molar-refractivity contribution is 6.32. The van der Waals surface area contributed by atoms with Gasteiger partial charge in [0.05, 0.1) is 34.0 Å². The lowest BCUT2D eigenvalue weighted by Gasteiger charge is -2.19. The summed E-state index contributed by atoms with van der Waals surface area (Å²) in [5.74, 6) is 1.55. The molecule has 10 heteroatoms. The molecule has 4 N–H and O–H groups in total. The smallest absolute Gasteiger partial charge is 0.399 e. The molecule has 2 aromatic heterocycles. The van der Waals surface area contributed by atoms with Crippen LogP contribution in [-0.4, -0.2) is 28.5 Å². The maximum Gasteiger partial charge on any atom is 0.418 e. The van der Waals surface area contributed by atoms with Gasteiger partial charge in [0, 0.05) is 41.2 Å². The number of hydrogen-bond donors (Lipinski definition) is 3. The highest BCUT2D eigenvalue weighted by atomic mass is 35.5. The van der Waals surface area contributed by atoms with Gasteiger partial charge in [-0.05, 0) is 86.7 Å². The van der Waals surface area contributed by atoms with Crippen LogP contribution in [0.5, 0.6) is 0 Å². The van der Waals surface area contributed by atoms with Crippen LogP contribution in [-0.2, 0) is 17.5 Å². The highest BCUT2D eigenvalue weighted by Crippen LogP contribution is 2.61. The number of hydrogen-bond acceptors (Lipinski definition) is 4. The van der Waals surface area contributed by atoms with Crippen LogP contribution in [0.2, 0.25) is 5.02 Å². The second-order valence-electron chi connectivity index (χ2n) is 11.8. The van der Waals surface area contributed by atoms with Gasteiger partial charge in [-0.15, -0.1) is 0 Å². The molecule has 3 heterocycles. The van der Waals surface area contributed by atoms with Gasteiger partial charge in [-0.2, -0.15) is 13.2 Å². The second kappa shape index (κ2) is 8.61. The molecule has 3 atom stereocenters. The lowest BCUT2D eigenvalue weighted by Crippen LogP contribution is -2.22. The standard InChI is InChI=1S/C29H31ClF3N5O/c1-12-26(17-7-15(34)8-20(30)25(17)29(31,32)33)37-27(14-3-4-14)24-23(22-18-9-35-10-19(18)22)21(11-36-13(2)39)38(28(12)24)16-5-6-16/h7-8,14,16,18-19,22,35H,3-6,9-11,34H2,1-2H3,(H,36,39)/t18-,19+,22?. The number of alkyl halides is 3. The SMILES string of the molecule is CC(=O)NCc1c(C2[C@H]3CNC[C@@H]23)c2c(C3CC3)nc(-c3cc(N)cc(Cl)c3C(F)(F)F)c(C)c2n1C1CC1. The van der Waals surface area contributed by atoms with Crippen LogP contribution in [0, 0.1) is 18.8 Å². The van der Waals surface area contributed by atoms with Crippen LogP contribution in [0.1, 0.15) is 78.6 Å². The number of nitrogens with zero attached hydrogens (tertiary/aromatic N) is 2. The average molecular weight is 558 g/mol. The van der Waals surface area contributed by atoms with Gasteiger partial charge in [0.15, 0.2) is 0 Å². The van der Waals surface area contributed by atoms with Gasteiger partial charge in [-0.1, -0.05) is 11.6 Å². The van der Waals surface area contributed by atoms with E-state index in [0.717, 1.165) is 67.1 Å². The van der Waals surface area contributed by atoms with E-state index in [2.05, 4.69) is 15.2 Å². The number of carbonyl (C=O) groups is 1. The fourth-order valence-electron chi connectivity index (χ4n) is 7.00. The molecule has 39 heavy (non-hydrogen) atoms. The maximum atomic E-state index is 14.3. The molecule has 7 rings (SSSR count). The molecule has 4 aliphatic rings. The molecular weight excluding hydrogens is 527 g/mol. The van der Waals surface area contributed by atoms with Gasteiger partial charge in [0.2, 0.25) is 5.91 Å². The van der Waals surface area contributed by atoms with Crippen molar-refractivity contribution in [3.63, 3.8) is 0 Å². The van der Waals surface area contributed by atoms with Crippen LogP contribution in [0.4, 0.5) is 18.9 Å². The highest BCUT2D eigenvalue weighted by Gasteiger charge is 2.56. The summed E-state index contributed by atoms with van der Waals surface area (Å²) in [5, 5.41) is 7.19. The maximum absolute atomic E-state index is 14.3. The minimum absolute atomic E-state index is 0.0743. The fraction of sp³-hybridized carbons (Fsp3) is 0.517. The summed E-state index contributed by atoms with van der Waals surface area (Å²) in [5.41, 5.74) is 10.4. The van der Waals surface area contributed by atoms with Gasteiger partial charge < -0.3 is 20.9 Å². The van der Waals surface area contributed by atoms with Gasteiger partial charge in [-0.3, -0.25) is 9.78 Å². The van der Waals surface area contributed by atoms with E-state index in [-0.39, 0.29) is 29.1 Å². The van der Waals surface area contributed by atoms with Gasteiger partial charge in [0.25, 0.3) is 0 Å². The molecule has 3 aromatic rings. The molecule has 1 saturated heterocycles. The van der Waals surface area contributed by atoms with E-state index in [4.69, 9.17) is 22.3 Å². The molecule has 3 aliphatic carbocycles. The number of pyridine rings is 1. The molecule has 1 aliphatic heterocycles. The number of halogens is 4. The number of amides is 1. The van der Waals surface area contributed by atoms with Crippen molar-refractivity contribution >= 4 is 34.1 Å². The molecular formula is C29H31ClF3N5O. The van der Waals surface area contributed by atoms with Crippen LogP contribution >= 0.6 is 11.6 Å². The Bertz CT molecular complexity index is 1530. The zero-order valence-corrected chi connectivity index (χ0v) is 22.6. The van der Waals surface area contributed by atoms with E-state index in [1.807, 2.05) is 6.92 Å². The number of aromatic nitrogens is 2. The van der Waals surface area contributed by atoms with Gasteiger partial charge in [0.1, 0.15) is 0 Å². The van der Waals surface area contributed by atoms with E-state index in [1.165, 1.54) is 18.6 Å². The van der Waals surface area contributed by atoms with Crippen molar-refractivity contribution in [3.8, 4) is 11.3 Å². The van der Waals surface area contributed by atoms with E-state index >= 15 is 0 Å². The number of nitrogen functional groups attached to an aromatic ring is 1. The summed E-state index contributed by atoms with van der Waals surface area (Å²) in [4.78, 5) is 17.1. The first kappa shape index (κ1) is 25.2. The largest absolute Gasteiger partial charge is 0.418 e. The molecule has 3 saturated carbocycles. The predicted molar refractivity (Wildman–Crippen MR) is 145 cm³/mol. The first-order chi connectivity index (χ1) is 18.6. The van der Waals surface area contributed by atoms with Crippen molar-refractivity contribution in [1.82, 2.24) is 20.2 Å². The fourth-order valence-corrected chi connectivity index (χ4v) is 7.34. The van der Waals surface area contributed by atoms with Crippen molar-refractivity contribution in [2.45, 2.75) is 70.1 Å². The minimum atomic E-state index is -4.67. The number of carbonyl (C=O) groups excluding carboxylic acids is 1. The molecule has 206 valence electrons. The zero-order chi connectivity index (χ0) is 27.4. The van der Waals surface area contributed by atoms with Crippen LogP contribution < -0.4 is 16.4 Å². The molecule has 0 bridgehead atoms. The topological polar surface area (TPSA) is 85.0 Å². The average Bonchev–Trinajstić information content (AvgIpc) is 3.79. The van der Waals surface area contributed by atoms with Crippen LogP contribution in [0.25, 0.3) is 22.2 Å². The third-order valence-corrected chi connectivity index (χ3v) is 9.30. The monoisotopic (exact) mass is 557 g/mol. The minimum Gasteiger partial charge on any atom is -0.399 e. The third kappa shape index (κ3) is 4.03. The zero-order valence-electron chi connectivity index (χ0n) is 21.9. The van der Waals surface area contributed by atoms with E-state index < -0.39 is 16.8 Å². The Labute approximate surface area is 229 Å². The lowest BCUT2D eigenvalue weighted by atomic mass is 9.94. The Morgan fingerprint density at radius 3 is 2.49 bits per heavy atom. The van der Waals surface area contributed by atoms with E-state index in [0.29, 0.717) is 35.6 Å². The van der Waals surface area contributed by atoms with Crippen molar-refractivity contribution in [1.29, 1.82) is 0 Å². The first-order valence-corrected chi connectivity index (χ1v) is 14.1.